The molecule has 0 aliphatic heterocycles. The number of nitrogens with zero attached hydrogens (tertiary/aromatic N) is 2. The van der Waals surface area contributed by atoms with Gasteiger partial charge in [0.05, 0.1) is 0 Å². The first-order valence-electron chi connectivity index (χ1n) is 7.02. The Labute approximate surface area is 114 Å². The Hall–Kier alpha value is -0.550. The lowest BCUT2D eigenvalue weighted by Crippen LogP contribution is -2.42. The van der Waals surface area contributed by atoms with E-state index in [-0.39, 0.29) is 0 Å². The lowest BCUT2D eigenvalue weighted by atomic mass is 9.84. The average Bonchev–Trinajstić information content (AvgIpc) is 2.77. The lowest BCUT2D eigenvalue weighted by molar-refractivity contribution is 0.297. The van der Waals surface area contributed by atoms with Gasteiger partial charge in [-0.15, -0.1) is 5.10 Å². The minimum Gasteiger partial charge on any atom is -0.313 e. The highest BCUT2D eigenvalue weighted by atomic mass is 32.2. The molecule has 1 aromatic heterocycles. The standard InChI is InChI=1S/C13H24N4S/c1-4-10-6-7-11(14-5-2)12(8-10)18-13-15-9(3)16-17-13/h10-12,14H,4-8H2,1-3H3,(H,15,16,17). The van der Waals surface area contributed by atoms with Gasteiger partial charge in [0.2, 0.25) is 5.16 Å². The van der Waals surface area contributed by atoms with Crippen LogP contribution in [-0.2, 0) is 0 Å². The Morgan fingerprint density at radius 1 is 1.39 bits per heavy atom. The second-order valence-corrected chi connectivity index (χ2v) is 6.32. The molecule has 1 heterocycles. The number of rotatable bonds is 5. The van der Waals surface area contributed by atoms with E-state index in [0.29, 0.717) is 11.3 Å². The van der Waals surface area contributed by atoms with E-state index >= 15 is 0 Å². The number of aromatic amines is 1. The van der Waals surface area contributed by atoms with Crippen molar-refractivity contribution in [2.24, 2.45) is 5.92 Å². The quantitative estimate of drug-likeness (QED) is 0.862. The van der Waals surface area contributed by atoms with Crippen molar-refractivity contribution < 1.29 is 0 Å². The van der Waals surface area contributed by atoms with Crippen LogP contribution in [0.25, 0.3) is 0 Å². The summed E-state index contributed by atoms with van der Waals surface area (Å²) in [4.78, 5) is 4.42. The molecule has 5 heteroatoms. The number of thioether (sulfide) groups is 1. The molecule has 0 bridgehead atoms. The first kappa shape index (κ1) is 13.9. The Morgan fingerprint density at radius 3 is 2.83 bits per heavy atom. The predicted octanol–water partition coefficient (Wildman–Crippen LogP) is 2.76. The van der Waals surface area contributed by atoms with E-state index in [0.717, 1.165) is 23.4 Å². The SMILES string of the molecule is CCNC1CCC(CC)CC1Sc1n[nH]c(C)n1. The van der Waals surface area contributed by atoms with Crippen LogP contribution < -0.4 is 5.32 Å². The third-order valence-corrected chi connectivity index (χ3v) is 4.99. The van der Waals surface area contributed by atoms with Gasteiger partial charge in [-0.05, 0) is 38.6 Å². The van der Waals surface area contributed by atoms with Crippen LogP contribution in [0.2, 0.25) is 0 Å². The molecule has 1 aliphatic carbocycles. The fraction of sp³-hybridized carbons (Fsp3) is 0.846. The van der Waals surface area contributed by atoms with E-state index in [9.17, 15) is 0 Å². The molecule has 0 aromatic carbocycles. The molecule has 0 saturated heterocycles. The summed E-state index contributed by atoms with van der Waals surface area (Å²) in [6, 6.07) is 0.613. The number of nitrogens with one attached hydrogen (secondary N) is 2. The van der Waals surface area contributed by atoms with E-state index in [2.05, 4.69) is 34.3 Å². The average molecular weight is 268 g/mol. The van der Waals surface area contributed by atoms with Gasteiger partial charge in [-0.2, -0.15) is 0 Å². The summed E-state index contributed by atoms with van der Waals surface area (Å²) >= 11 is 1.84. The van der Waals surface area contributed by atoms with Crippen LogP contribution in [0.3, 0.4) is 0 Å². The zero-order valence-corrected chi connectivity index (χ0v) is 12.4. The van der Waals surface area contributed by atoms with Crippen molar-refractivity contribution in [1.29, 1.82) is 0 Å². The van der Waals surface area contributed by atoms with Crippen molar-refractivity contribution in [3.63, 3.8) is 0 Å². The van der Waals surface area contributed by atoms with Crippen LogP contribution in [0.5, 0.6) is 0 Å². The Balaban J connectivity index is 2.00. The van der Waals surface area contributed by atoms with Gasteiger partial charge >= 0.3 is 0 Å². The second kappa shape index (κ2) is 6.57. The molecule has 1 aliphatic rings. The monoisotopic (exact) mass is 268 g/mol. The highest BCUT2D eigenvalue weighted by Gasteiger charge is 2.30. The maximum Gasteiger partial charge on any atom is 0.208 e. The predicted molar refractivity (Wildman–Crippen MR) is 75.9 cm³/mol. The van der Waals surface area contributed by atoms with Gasteiger partial charge in [0.25, 0.3) is 0 Å². The second-order valence-electron chi connectivity index (χ2n) is 5.11. The molecule has 0 radical (unpaired) electrons. The molecular formula is C13H24N4S. The molecule has 0 spiro atoms. The van der Waals surface area contributed by atoms with Crippen LogP contribution in [-0.4, -0.2) is 33.0 Å². The fourth-order valence-corrected chi connectivity index (χ4v) is 4.04. The summed E-state index contributed by atoms with van der Waals surface area (Å²) in [5.74, 6) is 1.78. The summed E-state index contributed by atoms with van der Waals surface area (Å²) in [5.41, 5.74) is 0. The molecule has 3 unspecified atom stereocenters. The number of hydrogen-bond donors (Lipinski definition) is 2. The largest absolute Gasteiger partial charge is 0.313 e. The van der Waals surface area contributed by atoms with Crippen molar-refractivity contribution in [3.8, 4) is 0 Å². The topological polar surface area (TPSA) is 53.6 Å². The first-order chi connectivity index (χ1) is 8.72. The third kappa shape index (κ3) is 3.48. The fourth-order valence-electron chi connectivity index (χ4n) is 2.72. The zero-order valence-electron chi connectivity index (χ0n) is 11.6. The molecular weight excluding hydrogens is 244 g/mol. The third-order valence-electron chi connectivity index (χ3n) is 3.78. The molecule has 0 amide bonds. The van der Waals surface area contributed by atoms with Gasteiger partial charge in [0.15, 0.2) is 0 Å². The minimum absolute atomic E-state index is 0.610. The van der Waals surface area contributed by atoms with Crippen LogP contribution in [0.1, 0.15) is 45.4 Å². The molecule has 1 saturated carbocycles. The smallest absolute Gasteiger partial charge is 0.208 e. The Bertz CT molecular complexity index is 366. The van der Waals surface area contributed by atoms with Crippen LogP contribution in [0, 0.1) is 12.8 Å². The summed E-state index contributed by atoms with van der Waals surface area (Å²) in [7, 11) is 0. The van der Waals surface area contributed by atoms with Gasteiger partial charge < -0.3 is 5.32 Å². The summed E-state index contributed by atoms with van der Waals surface area (Å²) in [6.07, 6.45) is 5.22. The summed E-state index contributed by atoms with van der Waals surface area (Å²) in [6.45, 7) is 7.49. The number of hydrogen-bond acceptors (Lipinski definition) is 4. The first-order valence-corrected chi connectivity index (χ1v) is 7.89. The van der Waals surface area contributed by atoms with Crippen LogP contribution >= 0.6 is 11.8 Å². The maximum absolute atomic E-state index is 4.42. The van der Waals surface area contributed by atoms with E-state index in [1.807, 2.05) is 18.7 Å². The van der Waals surface area contributed by atoms with Gasteiger partial charge in [0.1, 0.15) is 5.82 Å². The van der Waals surface area contributed by atoms with Gasteiger partial charge in [-0.3, -0.25) is 5.10 Å². The summed E-state index contributed by atoms with van der Waals surface area (Å²) < 4.78 is 0. The lowest BCUT2D eigenvalue weighted by Gasteiger charge is -2.35. The highest BCUT2D eigenvalue weighted by Crippen LogP contribution is 2.36. The van der Waals surface area contributed by atoms with Gasteiger partial charge in [0, 0.05) is 11.3 Å². The minimum atomic E-state index is 0.610. The summed E-state index contributed by atoms with van der Waals surface area (Å²) in [5, 5.41) is 12.3. The van der Waals surface area contributed by atoms with Crippen molar-refractivity contribution in [1.82, 2.24) is 20.5 Å². The molecule has 1 fully saturated rings. The normalized spacial score (nSPS) is 28.5. The number of aryl methyl sites for hydroxylation is 1. The Morgan fingerprint density at radius 2 is 2.22 bits per heavy atom. The van der Waals surface area contributed by atoms with Crippen molar-refractivity contribution in [3.05, 3.63) is 5.82 Å². The maximum atomic E-state index is 4.42. The molecule has 4 nitrogen and oxygen atoms in total. The zero-order chi connectivity index (χ0) is 13.0. The van der Waals surface area contributed by atoms with E-state index in [1.54, 1.807) is 0 Å². The van der Waals surface area contributed by atoms with E-state index < -0.39 is 0 Å². The Kier molecular flexibility index (Phi) is 5.06. The van der Waals surface area contributed by atoms with Crippen LogP contribution in [0.15, 0.2) is 5.16 Å². The van der Waals surface area contributed by atoms with Crippen LogP contribution in [0.4, 0.5) is 0 Å². The molecule has 18 heavy (non-hydrogen) atoms. The van der Waals surface area contributed by atoms with E-state index in [4.69, 9.17) is 0 Å². The van der Waals surface area contributed by atoms with Crippen molar-refractivity contribution in [2.45, 2.75) is 62.9 Å². The molecule has 1 aromatic rings. The number of aromatic nitrogens is 3. The van der Waals surface area contributed by atoms with Crippen molar-refractivity contribution in [2.75, 3.05) is 6.54 Å². The molecule has 2 rings (SSSR count). The van der Waals surface area contributed by atoms with Crippen molar-refractivity contribution >= 4 is 11.8 Å². The number of H-pyrrole nitrogens is 1. The molecule has 102 valence electrons. The van der Waals surface area contributed by atoms with E-state index in [1.165, 1.54) is 25.7 Å². The highest BCUT2D eigenvalue weighted by molar-refractivity contribution is 7.99. The van der Waals surface area contributed by atoms with Gasteiger partial charge in [-0.25, -0.2) is 4.98 Å². The molecule has 2 N–H and O–H groups in total. The van der Waals surface area contributed by atoms with Gasteiger partial charge in [-0.1, -0.05) is 32.0 Å². The molecule has 3 atom stereocenters.